The average Bonchev–Trinajstić information content (AvgIpc) is 3.17. The van der Waals surface area contributed by atoms with Crippen LogP contribution in [-0.4, -0.2) is 52.7 Å². The molecular weight excluding hydrogens is 513 g/mol. The van der Waals surface area contributed by atoms with Crippen molar-refractivity contribution in [2.45, 2.75) is 33.9 Å². The number of aromatic nitrogens is 2. The molecule has 2 N–H and O–H groups in total. The zero-order valence-corrected chi connectivity index (χ0v) is 22.9. The van der Waals surface area contributed by atoms with Gasteiger partial charge in [0.1, 0.15) is 5.75 Å². The fraction of sp³-hybridized carbons (Fsp3) is 0.370. The van der Waals surface area contributed by atoms with Gasteiger partial charge in [0.15, 0.2) is 5.82 Å². The summed E-state index contributed by atoms with van der Waals surface area (Å²) in [6.45, 7) is 9.77. The van der Waals surface area contributed by atoms with Crippen LogP contribution in [0.4, 0.5) is 5.82 Å². The van der Waals surface area contributed by atoms with E-state index in [-0.39, 0.29) is 24.2 Å². The zero-order valence-electron chi connectivity index (χ0n) is 21.3. The number of ether oxygens (including phenoxy) is 1. The SMILES string of the molecule is Cc1cc(NC(=O)c2ccc(CN3CCNC(=O)C3)cc2)nn1Cc1cc(Cl)ccc1OCC(C)C.Cl. The number of aryl methyl sites for hydroxylation is 1. The Morgan fingerprint density at radius 1 is 1.16 bits per heavy atom. The van der Waals surface area contributed by atoms with Crippen molar-refractivity contribution < 1.29 is 14.3 Å². The molecule has 0 bridgehead atoms. The van der Waals surface area contributed by atoms with E-state index < -0.39 is 0 Å². The molecule has 3 aromatic rings. The number of amides is 2. The van der Waals surface area contributed by atoms with Crippen LogP contribution in [0.15, 0.2) is 48.5 Å². The topological polar surface area (TPSA) is 88.5 Å². The van der Waals surface area contributed by atoms with E-state index in [9.17, 15) is 9.59 Å². The molecule has 0 atom stereocenters. The Morgan fingerprint density at radius 3 is 2.62 bits per heavy atom. The normalized spacial score (nSPS) is 13.7. The molecule has 1 aromatic heterocycles. The lowest BCUT2D eigenvalue weighted by Crippen LogP contribution is -2.47. The molecule has 2 aromatic carbocycles. The van der Waals surface area contributed by atoms with Crippen molar-refractivity contribution in [3.05, 3.63) is 75.9 Å². The molecule has 10 heteroatoms. The van der Waals surface area contributed by atoms with Crippen LogP contribution in [0.25, 0.3) is 0 Å². The number of nitrogens with one attached hydrogen (secondary N) is 2. The van der Waals surface area contributed by atoms with Gasteiger partial charge in [-0.25, -0.2) is 0 Å². The first-order valence-electron chi connectivity index (χ1n) is 12.1. The van der Waals surface area contributed by atoms with Crippen LogP contribution in [0.5, 0.6) is 5.75 Å². The lowest BCUT2D eigenvalue weighted by molar-refractivity contribution is -0.124. The van der Waals surface area contributed by atoms with Crippen LogP contribution in [0.2, 0.25) is 5.02 Å². The van der Waals surface area contributed by atoms with E-state index in [1.807, 2.05) is 48.0 Å². The summed E-state index contributed by atoms with van der Waals surface area (Å²) >= 11 is 6.24. The Morgan fingerprint density at radius 2 is 1.92 bits per heavy atom. The van der Waals surface area contributed by atoms with E-state index >= 15 is 0 Å². The second kappa shape index (κ2) is 12.9. The van der Waals surface area contributed by atoms with E-state index in [0.717, 1.165) is 29.1 Å². The summed E-state index contributed by atoms with van der Waals surface area (Å²) in [7, 11) is 0. The van der Waals surface area contributed by atoms with Crippen LogP contribution in [0.1, 0.15) is 41.0 Å². The Labute approximate surface area is 228 Å². The molecule has 1 aliphatic rings. The number of hydrogen-bond acceptors (Lipinski definition) is 5. The number of nitrogens with zero attached hydrogens (tertiary/aromatic N) is 3. The lowest BCUT2D eigenvalue weighted by atomic mass is 10.1. The molecule has 37 heavy (non-hydrogen) atoms. The lowest BCUT2D eigenvalue weighted by Gasteiger charge is -2.26. The van der Waals surface area contributed by atoms with Gasteiger partial charge < -0.3 is 15.4 Å². The van der Waals surface area contributed by atoms with Gasteiger partial charge in [0.25, 0.3) is 5.91 Å². The van der Waals surface area contributed by atoms with Gasteiger partial charge in [-0.05, 0) is 48.7 Å². The summed E-state index contributed by atoms with van der Waals surface area (Å²) in [6, 6.07) is 14.8. The summed E-state index contributed by atoms with van der Waals surface area (Å²) in [5.74, 6) is 1.47. The van der Waals surface area contributed by atoms with E-state index in [4.69, 9.17) is 16.3 Å². The third kappa shape index (κ3) is 7.95. The van der Waals surface area contributed by atoms with Crippen molar-refractivity contribution in [2.75, 3.05) is 31.6 Å². The molecular formula is C27H33Cl2N5O3. The number of halogens is 2. The number of carbonyl (C=O) groups is 2. The Bertz CT molecular complexity index is 1230. The summed E-state index contributed by atoms with van der Waals surface area (Å²) in [6.07, 6.45) is 0. The maximum atomic E-state index is 12.8. The largest absolute Gasteiger partial charge is 0.493 e. The highest BCUT2D eigenvalue weighted by molar-refractivity contribution is 6.30. The summed E-state index contributed by atoms with van der Waals surface area (Å²) in [5.41, 5.74) is 3.43. The van der Waals surface area contributed by atoms with Gasteiger partial charge in [-0.15, -0.1) is 12.4 Å². The first-order chi connectivity index (χ1) is 17.3. The standard InChI is InChI=1S/C27H32ClN5O3.ClH/c1-18(2)17-36-24-9-8-23(28)13-22(24)15-33-19(3)12-25(31-33)30-27(35)21-6-4-20(5-7-21)14-32-11-10-29-26(34)16-32;/h4-9,12-13,18H,10-11,14-17H2,1-3H3,(H,29,34)(H,30,31,35);1H. The minimum absolute atomic E-state index is 0. The number of rotatable bonds is 9. The van der Waals surface area contributed by atoms with Crippen LogP contribution in [-0.2, 0) is 17.9 Å². The smallest absolute Gasteiger partial charge is 0.256 e. The van der Waals surface area contributed by atoms with E-state index in [2.05, 4.69) is 34.5 Å². The molecule has 2 amide bonds. The third-order valence-electron chi connectivity index (χ3n) is 5.88. The molecule has 0 unspecified atom stereocenters. The monoisotopic (exact) mass is 545 g/mol. The third-order valence-corrected chi connectivity index (χ3v) is 6.11. The summed E-state index contributed by atoms with van der Waals surface area (Å²) in [5, 5.41) is 10.9. The number of hydrogen-bond donors (Lipinski definition) is 2. The van der Waals surface area contributed by atoms with Crippen LogP contribution < -0.4 is 15.4 Å². The maximum Gasteiger partial charge on any atom is 0.256 e. The van der Waals surface area contributed by atoms with Crippen molar-refractivity contribution in [3.8, 4) is 5.75 Å². The van der Waals surface area contributed by atoms with Crippen LogP contribution in [0, 0.1) is 12.8 Å². The summed E-state index contributed by atoms with van der Waals surface area (Å²) in [4.78, 5) is 26.5. The van der Waals surface area contributed by atoms with E-state index in [1.165, 1.54) is 0 Å². The predicted molar refractivity (Wildman–Crippen MR) is 148 cm³/mol. The van der Waals surface area contributed by atoms with Gasteiger partial charge >= 0.3 is 0 Å². The van der Waals surface area contributed by atoms with Gasteiger partial charge in [0.05, 0.1) is 19.7 Å². The average molecular weight is 546 g/mol. The summed E-state index contributed by atoms with van der Waals surface area (Å²) < 4.78 is 7.79. The minimum atomic E-state index is -0.229. The molecule has 1 aliphatic heterocycles. The Hall–Kier alpha value is -3.07. The van der Waals surface area contributed by atoms with Crippen molar-refractivity contribution in [1.29, 1.82) is 0 Å². The van der Waals surface area contributed by atoms with Crippen LogP contribution in [0.3, 0.4) is 0 Å². The molecule has 1 fully saturated rings. The van der Waals surface area contributed by atoms with Gasteiger partial charge in [-0.2, -0.15) is 5.10 Å². The Balaban J connectivity index is 0.00000380. The highest BCUT2D eigenvalue weighted by Gasteiger charge is 2.17. The fourth-order valence-corrected chi connectivity index (χ4v) is 4.19. The first kappa shape index (κ1) is 28.5. The Kier molecular flexibility index (Phi) is 9.97. The zero-order chi connectivity index (χ0) is 25.7. The van der Waals surface area contributed by atoms with Crippen molar-refractivity contribution >= 4 is 41.6 Å². The molecule has 4 rings (SSSR count). The van der Waals surface area contributed by atoms with Crippen LogP contribution >= 0.6 is 24.0 Å². The number of carbonyl (C=O) groups excluding carboxylic acids is 2. The predicted octanol–water partition coefficient (Wildman–Crippen LogP) is 4.53. The van der Waals surface area contributed by atoms with Gasteiger partial charge in [0.2, 0.25) is 5.91 Å². The number of benzene rings is 2. The minimum Gasteiger partial charge on any atom is -0.493 e. The first-order valence-corrected chi connectivity index (χ1v) is 12.5. The van der Waals surface area contributed by atoms with Gasteiger partial charge in [0, 0.05) is 47.5 Å². The van der Waals surface area contributed by atoms with Crippen molar-refractivity contribution in [3.63, 3.8) is 0 Å². The molecule has 1 saturated heterocycles. The molecule has 0 spiro atoms. The molecule has 2 heterocycles. The maximum absolute atomic E-state index is 12.8. The molecule has 8 nitrogen and oxygen atoms in total. The molecule has 198 valence electrons. The van der Waals surface area contributed by atoms with Gasteiger partial charge in [-0.3, -0.25) is 19.2 Å². The second-order valence-electron chi connectivity index (χ2n) is 9.50. The van der Waals surface area contributed by atoms with E-state index in [0.29, 0.717) is 55.1 Å². The number of anilines is 1. The van der Waals surface area contributed by atoms with E-state index in [1.54, 1.807) is 12.1 Å². The fourth-order valence-electron chi connectivity index (χ4n) is 4.00. The highest BCUT2D eigenvalue weighted by atomic mass is 35.5. The second-order valence-corrected chi connectivity index (χ2v) is 9.93. The van der Waals surface area contributed by atoms with Gasteiger partial charge in [-0.1, -0.05) is 37.6 Å². The molecule has 0 radical (unpaired) electrons. The number of piperazine rings is 1. The quantitative estimate of drug-likeness (QED) is 0.412. The van der Waals surface area contributed by atoms with Crippen molar-refractivity contribution in [2.24, 2.45) is 5.92 Å². The molecule has 0 saturated carbocycles. The van der Waals surface area contributed by atoms with Crippen molar-refractivity contribution in [1.82, 2.24) is 20.0 Å². The highest BCUT2D eigenvalue weighted by Crippen LogP contribution is 2.25. The molecule has 0 aliphatic carbocycles.